The third-order valence-electron chi connectivity index (χ3n) is 3.68. The molecule has 0 unspecified atom stereocenters. The van der Waals surface area contributed by atoms with Crippen molar-refractivity contribution >= 4 is 44.6 Å². The Morgan fingerprint density at radius 3 is 2.96 bits per heavy atom. The summed E-state index contributed by atoms with van der Waals surface area (Å²) in [6.45, 7) is 4.99. The molecule has 3 rings (SSSR count). The molecule has 0 atom stereocenters. The van der Waals surface area contributed by atoms with Crippen LogP contribution in [0.25, 0.3) is 0 Å². The van der Waals surface area contributed by atoms with Crippen LogP contribution in [0.2, 0.25) is 0 Å². The summed E-state index contributed by atoms with van der Waals surface area (Å²) in [5.74, 6) is 0.509. The summed E-state index contributed by atoms with van der Waals surface area (Å²) in [4.78, 5) is 31.1. The normalized spacial score (nSPS) is 14.7. The smallest absolute Gasteiger partial charge is 0.230 e. The van der Waals surface area contributed by atoms with Gasteiger partial charge in [0.05, 0.1) is 11.4 Å². The predicted octanol–water partition coefficient (Wildman–Crippen LogP) is 3.64. The minimum Gasteiger partial charge on any atom is -0.304 e. The molecule has 2 amide bonds. The molecule has 23 heavy (non-hydrogen) atoms. The Balaban J connectivity index is 1.59. The number of carbonyl (C=O) groups excluding carboxylic acids is 2. The minimum atomic E-state index is -0.0771. The molecule has 0 bridgehead atoms. The SMILES string of the molecule is CC(C)c1cnc(NC(=O)Cc2csc(N3CCCC3=O)c2)s1. The van der Waals surface area contributed by atoms with Gasteiger partial charge in [0.1, 0.15) is 0 Å². The maximum Gasteiger partial charge on any atom is 0.230 e. The van der Waals surface area contributed by atoms with Crippen LogP contribution in [0.1, 0.15) is 43.0 Å². The van der Waals surface area contributed by atoms with Gasteiger partial charge in [-0.25, -0.2) is 4.98 Å². The van der Waals surface area contributed by atoms with Crippen molar-refractivity contribution in [1.82, 2.24) is 4.98 Å². The number of amides is 2. The summed E-state index contributed by atoms with van der Waals surface area (Å²) in [5, 5.41) is 6.37. The summed E-state index contributed by atoms with van der Waals surface area (Å²) in [5.41, 5.74) is 0.933. The summed E-state index contributed by atoms with van der Waals surface area (Å²) < 4.78 is 0. The number of rotatable bonds is 5. The molecule has 1 saturated heterocycles. The second-order valence-electron chi connectivity index (χ2n) is 5.89. The van der Waals surface area contributed by atoms with Crippen molar-refractivity contribution in [2.45, 2.75) is 39.0 Å². The van der Waals surface area contributed by atoms with Crippen LogP contribution in [0.15, 0.2) is 17.6 Å². The van der Waals surface area contributed by atoms with Gasteiger partial charge in [-0.2, -0.15) is 0 Å². The van der Waals surface area contributed by atoms with E-state index in [1.165, 1.54) is 22.7 Å². The van der Waals surface area contributed by atoms with Crippen LogP contribution in [0.3, 0.4) is 0 Å². The van der Waals surface area contributed by atoms with Crippen LogP contribution in [-0.2, 0) is 16.0 Å². The largest absolute Gasteiger partial charge is 0.304 e. The average Bonchev–Trinajstić information content (AvgIpc) is 3.19. The molecule has 2 aromatic heterocycles. The average molecular weight is 349 g/mol. The fourth-order valence-electron chi connectivity index (χ4n) is 2.44. The Morgan fingerprint density at radius 1 is 1.48 bits per heavy atom. The molecule has 1 fully saturated rings. The number of anilines is 2. The fraction of sp³-hybridized carbons (Fsp3) is 0.438. The zero-order valence-corrected chi connectivity index (χ0v) is 14.8. The topological polar surface area (TPSA) is 62.3 Å². The van der Waals surface area contributed by atoms with E-state index in [1.54, 1.807) is 0 Å². The van der Waals surface area contributed by atoms with Gasteiger partial charge in [0, 0.05) is 24.0 Å². The summed E-state index contributed by atoms with van der Waals surface area (Å²) in [6, 6.07) is 1.94. The van der Waals surface area contributed by atoms with Crippen molar-refractivity contribution in [1.29, 1.82) is 0 Å². The van der Waals surface area contributed by atoms with Gasteiger partial charge in [-0.1, -0.05) is 13.8 Å². The second kappa shape index (κ2) is 6.80. The Kier molecular flexibility index (Phi) is 4.77. The third kappa shape index (κ3) is 3.79. The lowest BCUT2D eigenvalue weighted by atomic mass is 10.2. The van der Waals surface area contributed by atoms with E-state index in [2.05, 4.69) is 24.1 Å². The Morgan fingerprint density at radius 2 is 2.30 bits per heavy atom. The van der Waals surface area contributed by atoms with Crippen LogP contribution in [0.5, 0.6) is 0 Å². The molecule has 122 valence electrons. The van der Waals surface area contributed by atoms with E-state index in [4.69, 9.17) is 0 Å². The number of thiazole rings is 1. The molecule has 0 spiro atoms. The molecular weight excluding hydrogens is 330 g/mol. The molecule has 2 aromatic rings. The van der Waals surface area contributed by atoms with Crippen LogP contribution in [0, 0.1) is 0 Å². The molecule has 1 aliphatic rings. The van der Waals surface area contributed by atoms with Crippen LogP contribution in [0.4, 0.5) is 10.1 Å². The zero-order valence-electron chi connectivity index (χ0n) is 13.2. The summed E-state index contributed by atoms with van der Waals surface area (Å²) in [6.07, 6.45) is 3.65. The molecule has 1 aliphatic heterocycles. The Hall–Kier alpha value is -1.73. The van der Waals surface area contributed by atoms with Gasteiger partial charge < -0.3 is 10.2 Å². The van der Waals surface area contributed by atoms with Gasteiger partial charge in [0.25, 0.3) is 0 Å². The van der Waals surface area contributed by atoms with E-state index in [0.29, 0.717) is 23.9 Å². The highest BCUT2D eigenvalue weighted by Gasteiger charge is 2.23. The van der Waals surface area contributed by atoms with Gasteiger partial charge in [-0.05, 0) is 29.3 Å². The van der Waals surface area contributed by atoms with Gasteiger partial charge in [0.15, 0.2) is 5.13 Å². The summed E-state index contributed by atoms with van der Waals surface area (Å²) >= 11 is 3.03. The second-order valence-corrected chi connectivity index (χ2v) is 7.84. The lowest BCUT2D eigenvalue weighted by Gasteiger charge is -2.11. The number of aromatic nitrogens is 1. The van der Waals surface area contributed by atoms with E-state index < -0.39 is 0 Å². The van der Waals surface area contributed by atoms with Gasteiger partial charge in [0.2, 0.25) is 11.8 Å². The molecular formula is C16H19N3O2S2. The number of hydrogen-bond donors (Lipinski definition) is 1. The first kappa shape index (κ1) is 16.1. The standard InChI is InChI=1S/C16H19N3O2S2/c1-10(2)12-8-17-16(23-12)18-13(20)6-11-7-15(22-9-11)19-5-3-4-14(19)21/h7-10H,3-6H2,1-2H3,(H,17,18,20). The van der Waals surface area contributed by atoms with Crippen molar-refractivity contribution in [3.63, 3.8) is 0 Å². The van der Waals surface area contributed by atoms with Crippen molar-refractivity contribution in [3.05, 3.63) is 28.1 Å². The Labute approximate surface area is 143 Å². The first-order chi connectivity index (χ1) is 11.0. The Bertz CT molecular complexity index is 720. The number of carbonyl (C=O) groups is 2. The van der Waals surface area contributed by atoms with E-state index in [0.717, 1.165) is 28.4 Å². The monoisotopic (exact) mass is 349 g/mol. The highest BCUT2D eigenvalue weighted by Crippen LogP contribution is 2.29. The summed E-state index contributed by atoms with van der Waals surface area (Å²) in [7, 11) is 0. The maximum atomic E-state index is 12.1. The lowest BCUT2D eigenvalue weighted by molar-refractivity contribution is -0.117. The van der Waals surface area contributed by atoms with Crippen LogP contribution in [-0.4, -0.2) is 23.3 Å². The minimum absolute atomic E-state index is 0.0771. The highest BCUT2D eigenvalue weighted by molar-refractivity contribution is 7.15. The molecule has 0 radical (unpaired) electrons. The van der Waals surface area contributed by atoms with Gasteiger partial charge >= 0.3 is 0 Å². The lowest BCUT2D eigenvalue weighted by Crippen LogP contribution is -2.22. The van der Waals surface area contributed by atoms with Gasteiger partial charge in [-0.15, -0.1) is 22.7 Å². The van der Waals surface area contributed by atoms with Gasteiger partial charge in [-0.3, -0.25) is 9.59 Å². The maximum absolute atomic E-state index is 12.1. The number of thiophene rings is 1. The van der Waals surface area contributed by atoms with Crippen molar-refractivity contribution in [2.75, 3.05) is 16.8 Å². The van der Waals surface area contributed by atoms with Crippen LogP contribution >= 0.6 is 22.7 Å². The first-order valence-electron chi connectivity index (χ1n) is 7.66. The quantitative estimate of drug-likeness (QED) is 0.896. The number of hydrogen-bond acceptors (Lipinski definition) is 5. The predicted molar refractivity (Wildman–Crippen MR) is 94.4 cm³/mol. The number of nitrogens with one attached hydrogen (secondary N) is 1. The van der Waals surface area contributed by atoms with Crippen molar-refractivity contribution in [2.24, 2.45) is 0 Å². The first-order valence-corrected chi connectivity index (χ1v) is 9.36. The molecule has 5 nitrogen and oxygen atoms in total. The zero-order chi connectivity index (χ0) is 16.4. The number of nitrogens with zero attached hydrogens (tertiary/aromatic N) is 2. The van der Waals surface area contributed by atoms with Crippen molar-refractivity contribution < 1.29 is 9.59 Å². The van der Waals surface area contributed by atoms with E-state index in [1.807, 2.05) is 22.5 Å². The highest BCUT2D eigenvalue weighted by atomic mass is 32.1. The molecule has 3 heterocycles. The fourth-order valence-corrected chi connectivity index (χ4v) is 4.24. The van der Waals surface area contributed by atoms with E-state index in [9.17, 15) is 9.59 Å². The van der Waals surface area contributed by atoms with E-state index >= 15 is 0 Å². The molecule has 0 aliphatic carbocycles. The van der Waals surface area contributed by atoms with Crippen LogP contribution < -0.4 is 10.2 Å². The molecule has 0 aromatic carbocycles. The molecule has 1 N–H and O–H groups in total. The van der Waals surface area contributed by atoms with Crippen molar-refractivity contribution in [3.8, 4) is 0 Å². The third-order valence-corrected chi connectivity index (χ3v) is 5.90. The molecule has 0 saturated carbocycles. The molecule has 7 heteroatoms. The van der Waals surface area contributed by atoms with E-state index in [-0.39, 0.29) is 11.8 Å².